The Morgan fingerprint density at radius 1 is 1.17 bits per heavy atom. The van der Waals surface area contributed by atoms with Crippen molar-refractivity contribution >= 4 is 23.0 Å². The fraction of sp³-hybridized carbons (Fsp3) is 0.300. The van der Waals surface area contributed by atoms with E-state index in [0.717, 1.165) is 0 Å². The first-order chi connectivity index (χ1) is 13.8. The van der Waals surface area contributed by atoms with Gasteiger partial charge >= 0.3 is 0 Å². The fourth-order valence-electron chi connectivity index (χ4n) is 3.35. The predicted octanol–water partition coefficient (Wildman–Crippen LogP) is 2.63. The number of nitro benzene ring substituents is 1. The summed E-state index contributed by atoms with van der Waals surface area (Å²) in [6, 6.07) is 10.7. The standard InChI is InChI=1S/C20H20FN5O3/c1-23(2)18-6-4-15(12-19(18)26(28)29)20(27)25-9-7-24(8-10-25)17-5-3-14(13-22)11-16(17)21/h3-6,11-12H,7-10H2,1-2H3. The highest BCUT2D eigenvalue weighted by Crippen LogP contribution is 2.28. The van der Waals surface area contributed by atoms with Crippen LogP contribution in [0.4, 0.5) is 21.5 Å². The minimum atomic E-state index is -0.502. The van der Waals surface area contributed by atoms with Crippen LogP contribution in [0.2, 0.25) is 0 Å². The number of anilines is 2. The van der Waals surface area contributed by atoms with Crippen LogP contribution in [0.3, 0.4) is 0 Å². The zero-order chi connectivity index (χ0) is 21.1. The van der Waals surface area contributed by atoms with Crippen LogP contribution in [-0.4, -0.2) is 56.0 Å². The van der Waals surface area contributed by atoms with Crippen LogP contribution in [0, 0.1) is 27.3 Å². The first-order valence-corrected chi connectivity index (χ1v) is 9.01. The van der Waals surface area contributed by atoms with Gasteiger partial charge in [-0.2, -0.15) is 5.26 Å². The van der Waals surface area contributed by atoms with Crippen molar-refractivity contribution < 1.29 is 14.1 Å². The number of nitriles is 1. The van der Waals surface area contributed by atoms with Gasteiger partial charge in [0, 0.05) is 51.9 Å². The summed E-state index contributed by atoms with van der Waals surface area (Å²) in [5, 5.41) is 20.2. The van der Waals surface area contributed by atoms with E-state index in [2.05, 4.69) is 0 Å². The summed E-state index contributed by atoms with van der Waals surface area (Å²) >= 11 is 0. The highest BCUT2D eigenvalue weighted by molar-refractivity contribution is 5.96. The van der Waals surface area contributed by atoms with Gasteiger partial charge in [-0.1, -0.05) is 0 Å². The average molecular weight is 397 g/mol. The maximum absolute atomic E-state index is 14.2. The molecule has 29 heavy (non-hydrogen) atoms. The fourth-order valence-corrected chi connectivity index (χ4v) is 3.35. The van der Waals surface area contributed by atoms with Gasteiger partial charge in [-0.15, -0.1) is 0 Å². The van der Waals surface area contributed by atoms with E-state index in [9.17, 15) is 19.3 Å². The summed E-state index contributed by atoms with van der Waals surface area (Å²) in [5.41, 5.74) is 1.19. The molecule has 1 aliphatic rings. The smallest absolute Gasteiger partial charge is 0.293 e. The van der Waals surface area contributed by atoms with E-state index in [-0.39, 0.29) is 22.7 Å². The van der Waals surface area contributed by atoms with Gasteiger partial charge in [-0.3, -0.25) is 14.9 Å². The number of carbonyl (C=O) groups excluding carboxylic acids is 1. The quantitative estimate of drug-likeness (QED) is 0.582. The second-order valence-electron chi connectivity index (χ2n) is 6.91. The molecule has 0 aliphatic carbocycles. The third-order valence-corrected chi connectivity index (χ3v) is 4.89. The van der Waals surface area contributed by atoms with E-state index in [1.807, 2.05) is 11.0 Å². The zero-order valence-electron chi connectivity index (χ0n) is 16.1. The summed E-state index contributed by atoms with van der Waals surface area (Å²) in [4.78, 5) is 28.7. The molecule has 0 saturated carbocycles. The lowest BCUT2D eigenvalue weighted by Gasteiger charge is -2.36. The number of nitro groups is 1. The van der Waals surface area contributed by atoms with Gasteiger partial charge in [0.2, 0.25) is 0 Å². The van der Waals surface area contributed by atoms with Crippen LogP contribution in [0.5, 0.6) is 0 Å². The molecule has 2 aromatic rings. The van der Waals surface area contributed by atoms with Crippen molar-refractivity contribution in [3.63, 3.8) is 0 Å². The second-order valence-corrected chi connectivity index (χ2v) is 6.91. The van der Waals surface area contributed by atoms with Gasteiger partial charge in [0.25, 0.3) is 11.6 Å². The van der Waals surface area contributed by atoms with Crippen LogP contribution in [0.1, 0.15) is 15.9 Å². The van der Waals surface area contributed by atoms with Crippen LogP contribution < -0.4 is 9.80 Å². The first kappa shape index (κ1) is 20.1. The van der Waals surface area contributed by atoms with E-state index < -0.39 is 10.7 Å². The number of hydrogen-bond donors (Lipinski definition) is 0. The number of benzene rings is 2. The van der Waals surface area contributed by atoms with Gasteiger partial charge in [0.05, 0.1) is 22.2 Å². The van der Waals surface area contributed by atoms with Crippen molar-refractivity contribution in [3.05, 3.63) is 63.5 Å². The Morgan fingerprint density at radius 3 is 2.41 bits per heavy atom. The molecular weight excluding hydrogens is 377 g/mol. The van der Waals surface area contributed by atoms with Crippen LogP contribution >= 0.6 is 0 Å². The molecule has 0 atom stereocenters. The van der Waals surface area contributed by atoms with Crippen molar-refractivity contribution in [3.8, 4) is 6.07 Å². The van der Waals surface area contributed by atoms with Crippen molar-refractivity contribution in [1.82, 2.24) is 4.90 Å². The van der Waals surface area contributed by atoms with Gasteiger partial charge < -0.3 is 14.7 Å². The molecule has 0 spiro atoms. The molecule has 1 fully saturated rings. The largest absolute Gasteiger partial charge is 0.372 e. The molecule has 1 saturated heterocycles. The SMILES string of the molecule is CN(C)c1ccc(C(=O)N2CCN(c3ccc(C#N)cc3F)CC2)cc1[N+](=O)[O-]. The molecule has 8 nitrogen and oxygen atoms in total. The monoisotopic (exact) mass is 397 g/mol. The molecular formula is C20H20FN5O3. The molecule has 3 rings (SSSR count). The lowest BCUT2D eigenvalue weighted by molar-refractivity contribution is -0.384. The highest BCUT2D eigenvalue weighted by atomic mass is 19.1. The number of amides is 1. The lowest BCUT2D eigenvalue weighted by Crippen LogP contribution is -2.49. The Balaban J connectivity index is 1.73. The molecule has 0 radical (unpaired) electrons. The summed E-state index contributed by atoms with van der Waals surface area (Å²) in [7, 11) is 3.40. The number of carbonyl (C=O) groups is 1. The Hall–Kier alpha value is -3.67. The molecule has 9 heteroatoms. The maximum Gasteiger partial charge on any atom is 0.293 e. The Labute approximate surface area is 167 Å². The topological polar surface area (TPSA) is 93.7 Å². The maximum atomic E-state index is 14.2. The van der Waals surface area contributed by atoms with Gasteiger partial charge in [0.15, 0.2) is 0 Å². The molecule has 1 heterocycles. The van der Waals surface area contributed by atoms with Crippen LogP contribution in [0.25, 0.3) is 0 Å². The molecule has 0 N–H and O–H groups in total. The number of rotatable bonds is 4. The van der Waals surface area contributed by atoms with E-state index >= 15 is 0 Å². The summed E-state index contributed by atoms with van der Waals surface area (Å²) < 4.78 is 14.2. The van der Waals surface area contributed by atoms with Gasteiger partial charge in [-0.05, 0) is 30.3 Å². The molecule has 1 amide bonds. The normalized spacial score (nSPS) is 13.7. The average Bonchev–Trinajstić information content (AvgIpc) is 2.72. The number of halogens is 1. The summed E-state index contributed by atoms with van der Waals surface area (Å²) in [6.07, 6.45) is 0. The minimum absolute atomic E-state index is 0.126. The second kappa shape index (κ2) is 8.14. The van der Waals surface area contributed by atoms with E-state index in [4.69, 9.17) is 5.26 Å². The van der Waals surface area contributed by atoms with Gasteiger partial charge in [-0.25, -0.2) is 4.39 Å². The minimum Gasteiger partial charge on any atom is -0.372 e. The molecule has 0 aromatic heterocycles. The highest BCUT2D eigenvalue weighted by Gasteiger charge is 2.26. The molecule has 1 aliphatic heterocycles. The molecule has 0 bridgehead atoms. The number of hydrogen-bond acceptors (Lipinski definition) is 6. The van der Waals surface area contributed by atoms with Crippen molar-refractivity contribution in [2.75, 3.05) is 50.1 Å². The lowest BCUT2D eigenvalue weighted by atomic mass is 10.1. The summed E-state index contributed by atoms with van der Waals surface area (Å²) in [6.45, 7) is 1.57. The zero-order valence-corrected chi connectivity index (χ0v) is 16.1. The number of piperazine rings is 1. The molecule has 2 aromatic carbocycles. The van der Waals surface area contributed by atoms with Crippen LogP contribution in [-0.2, 0) is 0 Å². The van der Waals surface area contributed by atoms with E-state index in [1.165, 1.54) is 12.1 Å². The van der Waals surface area contributed by atoms with Crippen LogP contribution in [0.15, 0.2) is 36.4 Å². The molecule has 150 valence electrons. The third-order valence-electron chi connectivity index (χ3n) is 4.89. The van der Waals surface area contributed by atoms with Crippen molar-refractivity contribution in [2.24, 2.45) is 0 Å². The predicted molar refractivity (Wildman–Crippen MR) is 107 cm³/mol. The Bertz CT molecular complexity index is 994. The summed E-state index contributed by atoms with van der Waals surface area (Å²) in [5.74, 6) is -0.767. The Kier molecular flexibility index (Phi) is 5.64. The Morgan fingerprint density at radius 2 is 1.86 bits per heavy atom. The van der Waals surface area contributed by atoms with Crippen molar-refractivity contribution in [1.29, 1.82) is 5.26 Å². The first-order valence-electron chi connectivity index (χ1n) is 9.01. The van der Waals surface area contributed by atoms with Gasteiger partial charge in [0.1, 0.15) is 11.5 Å². The molecule has 0 unspecified atom stereocenters. The van der Waals surface area contributed by atoms with Crippen molar-refractivity contribution in [2.45, 2.75) is 0 Å². The number of nitrogens with zero attached hydrogens (tertiary/aromatic N) is 5. The van der Waals surface area contributed by atoms with E-state index in [0.29, 0.717) is 37.6 Å². The third kappa shape index (κ3) is 4.11. The van der Waals surface area contributed by atoms with E-state index in [1.54, 1.807) is 48.2 Å².